The van der Waals surface area contributed by atoms with E-state index in [2.05, 4.69) is 27.5 Å². The predicted octanol–water partition coefficient (Wildman–Crippen LogP) is 4.26. The van der Waals surface area contributed by atoms with E-state index in [0.717, 1.165) is 47.7 Å². The fourth-order valence-electron chi connectivity index (χ4n) is 3.35. The van der Waals surface area contributed by atoms with Gasteiger partial charge in [0, 0.05) is 35.4 Å². The highest BCUT2D eigenvalue weighted by Gasteiger charge is 2.14. The molecule has 0 spiro atoms. The molecular formula is C22H24N6O. The van der Waals surface area contributed by atoms with E-state index in [9.17, 15) is 4.79 Å². The number of hydrogen-bond acceptors (Lipinski definition) is 4. The third kappa shape index (κ3) is 3.89. The molecule has 3 aromatic heterocycles. The number of aromatic nitrogens is 5. The summed E-state index contributed by atoms with van der Waals surface area (Å²) in [6, 6.07) is 11.4. The minimum Gasteiger partial charge on any atom is -0.322 e. The summed E-state index contributed by atoms with van der Waals surface area (Å²) < 4.78 is 3.79. The summed E-state index contributed by atoms with van der Waals surface area (Å²) in [6.07, 6.45) is 6.02. The van der Waals surface area contributed by atoms with Crippen LogP contribution in [0.3, 0.4) is 0 Å². The molecule has 1 amide bonds. The number of nitrogens with one attached hydrogen (secondary N) is 1. The molecule has 7 nitrogen and oxygen atoms in total. The second kappa shape index (κ2) is 7.87. The van der Waals surface area contributed by atoms with E-state index in [1.54, 1.807) is 6.07 Å². The van der Waals surface area contributed by atoms with Crippen molar-refractivity contribution in [2.75, 3.05) is 5.32 Å². The Morgan fingerprint density at radius 3 is 2.69 bits per heavy atom. The smallest absolute Gasteiger partial charge is 0.259 e. The Balaban J connectivity index is 1.50. The lowest BCUT2D eigenvalue weighted by Crippen LogP contribution is -2.12. The molecule has 29 heavy (non-hydrogen) atoms. The van der Waals surface area contributed by atoms with Gasteiger partial charge in [0.2, 0.25) is 0 Å². The fraction of sp³-hybridized carbons (Fsp3) is 0.273. The summed E-state index contributed by atoms with van der Waals surface area (Å²) in [7, 11) is 0. The van der Waals surface area contributed by atoms with Crippen LogP contribution in [-0.4, -0.2) is 30.3 Å². The second-order valence-electron chi connectivity index (χ2n) is 7.21. The van der Waals surface area contributed by atoms with Crippen molar-refractivity contribution >= 4 is 17.2 Å². The molecule has 0 aliphatic heterocycles. The van der Waals surface area contributed by atoms with Crippen LogP contribution in [0.15, 0.2) is 48.8 Å². The zero-order valence-corrected chi connectivity index (χ0v) is 16.9. The topological polar surface area (TPSA) is 77.1 Å². The summed E-state index contributed by atoms with van der Waals surface area (Å²) in [5.74, 6) is -0.178. The molecule has 0 fully saturated rings. The average molecular weight is 388 g/mol. The first-order valence-corrected chi connectivity index (χ1v) is 9.82. The Morgan fingerprint density at radius 1 is 1.14 bits per heavy atom. The molecule has 0 aliphatic carbocycles. The van der Waals surface area contributed by atoms with Gasteiger partial charge in [0.05, 0.1) is 11.8 Å². The molecule has 4 aromatic rings. The van der Waals surface area contributed by atoms with Crippen LogP contribution in [0.25, 0.3) is 16.9 Å². The summed E-state index contributed by atoms with van der Waals surface area (Å²) in [5, 5.41) is 11.4. The minimum atomic E-state index is -0.178. The number of carbonyl (C=O) groups is 1. The number of carbonyl (C=O) groups excluding carboxylic acids is 1. The molecule has 4 rings (SSSR count). The normalized spacial score (nSPS) is 11.1. The highest BCUT2D eigenvalue weighted by molar-refractivity contribution is 6.08. The third-order valence-corrected chi connectivity index (χ3v) is 4.90. The molecule has 0 saturated carbocycles. The van der Waals surface area contributed by atoms with Crippen molar-refractivity contribution in [2.45, 2.75) is 40.2 Å². The number of aryl methyl sites for hydroxylation is 3. The monoisotopic (exact) mass is 388 g/mol. The maximum atomic E-state index is 12.8. The van der Waals surface area contributed by atoms with Crippen molar-refractivity contribution in [1.82, 2.24) is 24.4 Å². The standard InChI is InChI=1S/C22H24N6O/c1-4-5-11-27-14-20(25-26-27)17-6-8-18(9-7-17)24-22(29)19-10-12-28-16(3)13-15(2)23-21(19)28/h6-10,12-14H,4-5,11H2,1-3H3,(H,24,29). The second-order valence-corrected chi connectivity index (χ2v) is 7.21. The fourth-order valence-corrected chi connectivity index (χ4v) is 3.35. The van der Waals surface area contributed by atoms with Gasteiger partial charge in [-0.2, -0.15) is 0 Å². The van der Waals surface area contributed by atoms with Gasteiger partial charge in [0.15, 0.2) is 0 Å². The van der Waals surface area contributed by atoms with Gasteiger partial charge in [-0.25, -0.2) is 4.98 Å². The van der Waals surface area contributed by atoms with Gasteiger partial charge in [-0.05, 0) is 44.5 Å². The zero-order valence-electron chi connectivity index (χ0n) is 16.9. The van der Waals surface area contributed by atoms with E-state index in [0.29, 0.717) is 11.2 Å². The van der Waals surface area contributed by atoms with Crippen LogP contribution >= 0.6 is 0 Å². The van der Waals surface area contributed by atoms with Crippen molar-refractivity contribution in [1.29, 1.82) is 0 Å². The van der Waals surface area contributed by atoms with E-state index < -0.39 is 0 Å². The van der Waals surface area contributed by atoms with Crippen LogP contribution in [0.4, 0.5) is 5.69 Å². The first-order valence-electron chi connectivity index (χ1n) is 9.82. The lowest BCUT2D eigenvalue weighted by molar-refractivity contribution is 0.102. The Morgan fingerprint density at radius 2 is 1.93 bits per heavy atom. The van der Waals surface area contributed by atoms with Gasteiger partial charge in [-0.1, -0.05) is 30.7 Å². The summed E-state index contributed by atoms with van der Waals surface area (Å²) in [5.41, 5.74) is 5.67. The number of amides is 1. The van der Waals surface area contributed by atoms with Crippen molar-refractivity contribution in [3.63, 3.8) is 0 Å². The molecule has 0 bridgehead atoms. The predicted molar refractivity (Wildman–Crippen MR) is 113 cm³/mol. The molecule has 0 aliphatic rings. The van der Waals surface area contributed by atoms with Gasteiger partial charge in [0.25, 0.3) is 5.91 Å². The SMILES string of the molecule is CCCCn1cc(-c2ccc(NC(=O)c3ccn4c(C)cc(C)nc34)cc2)nn1. The van der Waals surface area contributed by atoms with Crippen LogP contribution in [0, 0.1) is 13.8 Å². The molecule has 0 saturated heterocycles. The quantitative estimate of drug-likeness (QED) is 0.535. The molecule has 148 valence electrons. The molecule has 3 heterocycles. The number of rotatable bonds is 6. The van der Waals surface area contributed by atoms with Crippen LogP contribution in [0.2, 0.25) is 0 Å². The van der Waals surface area contributed by atoms with Crippen LogP contribution in [0.5, 0.6) is 0 Å². The van der Waals surface area contributed by atoms with E-state index in [4.69, 9.17) is 0 Å². The number of unbranched alkanes of at least 4 members (excludes halogenated alkanes) is 1. The maximum Gasteiger partial charge on any atom is 0.259 e. The van der Waals surface area contributed by atoms with E-state index in [1.165, 1.54) is 0 Å². The number of nitrogens with zero attached hydrogens (tertiary/aromatic N) is 5. The lowest BCUT2D eigenvalue weighted by atomic mass is 10.1. The summed E-state index contributed by atoms with van der Waals surface area (Å²) in [4.78, 5) is 17.3. The Hall–Kier alpha value is -3.48. The molecule has 0 unspecified atom stereocenters. The zero-order chi connectivity index (χ0) is 20.4. The van der Waals surface area contributed by atoms with E-state index in [1.807, 2.05) is 65.7 Å². The van der Waals surface area contributed by atoms with Crippen LogP contribution in [-0.2, 0) is 6.54 Å². The van der Waals surface area contributed by atoms with Gasteiger partial charge in [0.1, 0.15) is 11.3 Å². The third-order valence-electron chi connectivity index (χ3n) is 4.90. The molecule has 0 radical (unpaired) electrons. The molecule has 1 aromatic carbocycles. The summed E-state index contributed by atoms with van der Waals surface area (Å²) in [6.45, 7) is 6.95. The number of benzene rings is 1. The first kappa shape index (κ1) is 18.9. The Bertz CT molecular complexity index is 1160. The highest BCUT2D eigenvalue weighted by atomic mass is 16.1. The van der Waals surface area contributed by atoms with Crippen molar-refractivity contribution < 1.29 is 4.79 Å². The minimum absolute atomic E-state index is 0.178. The van der Waals surface area contributed by atoms with Gasteiger partial charge < -0.3 is 9.72 Å². The van der Waals surface area contributed by atoms with Crippen LogP contribution in [0.1, 0.15) is 41.5 Å². The van der Waals surface area contributed by atoms with E-state index in [-0.39, 0.29) is 5.91 Å². The van der Waals surface area contributed by atoms with Crippen LogP contribution < -0.4 is 5.32 Å². The van der Waals surface area contributed by atoms with E-state index >= 15 is 0 Å². The molecule has 7 heteroatoms. The van der Waals surface area contributed by atoms with Crippen molar-refractivity contribution in [3.05, 3.63) is 65.7 Å². The van der Waals surface area contributed by atoms with Crippen molar-refractivity contribution in [3.8, 4) is 11.3 Å². The number of fused-ring (bicyclic) bond motifs is 1. The van der Waals surface area contributed by atoms with Crippen molar-refractivity contribution in [2.24, 2.45) is 0 Å². The van der Waals surface area contributed by atoms with Gasteiger partial charge in [-0.3, -0.25) is 9.48 Å². The molecule has 0 atom stereocenters. The largest absolute Gasteiger partial charge is 0.322 e. The maximum absolute atomic E-state index is 12.8. The number of hydrogen-bond donors (Lipinski definition) is 1. The average Bonchev–Trinajstić information content (AvgIpc) is 3.34. The Labute approximate surface area is 169 Å². The first-order chi connectivity index (χ1) is 14.0. The highest BCUT2D eigenvalue weighted by Crippen LogP contribution is 2.21. The molecule has 1 N–H and O–H groups in total. The Kier molecular flexibility index (Phi) is 5.12. The van der Waals surface area contributed by atoms with Gasteiger partial charge >= 0.3 is 0 Å². The summed E-state index contributed by atoms with van der Waals surface area (Å²) >= 11 is 0. The molecular weight excluding hydrogens is 364 g/mol. The van der Waals surface area contributed by atoms with Gasteiger partial charge in [-0.15, -0.1) is 5.10 Å². The number of anilines is 1. The lowest BCUT2D eigenvalue weighted by Gasteiger charge is -2.06.